The zero-order valence-electron chi connectivity index (χ0n) is 20.4. The van der Waals surface area contributed by atoms with Crippen LogP contribution in [0.1, 0.15) is 34.9 Å². The summed E-state index contributed by atoms with van der Waals surface area (Å²) in [5.74, 6) is 1.12. The Bertz CT molecular complexity index is 1330. The second-order valence-electron chi connectivity index (χ2n) is 9.86. The Morgan fingerprint density at radius 1 is 1.29 bits per heavy atom. The quantitative estimate of drug-likeness (QED) is 0.599. The Hall–Kier alpha value is -3.04. The summed E-state index contributed by atoms with van der Waals surface area (Å²) >= 11 is 1.71. The molecule has 1 N–H and O–H groups in total. The van der Waals surface area contributed by atoms with Crippen molar-refractivity contribution in [2.24, 2.45) is 10.9 Å². The van der Waals surface area contributed by atoms with Gasteiger partial charge in [0.1, 0.15) is 17.0 Å². The lowest BCUT2D eigenvalue weighted by Crippen LogP contribution is -2.50. The Labute approximate surface area is 209 Å². The molecule has 2 atom stereocenters. The number of morpholine rings is 1. The molecule has 0 unspecified atom stereocenters. The van der Waals surface area contributed by atoms with Gasteiger partial charge in [-0.05, 0) is 55.0 Å². The number of nitrogens with one attached hydrogen (secondary N) is 1. The first-order valence-electron chi connectivity index (χ1n) is 12.2. The Balaban J connectivity index is 1.32. The number of benzene rings is 1. The smallest absolute Gasteiger partial charge is 0.226 e. The van der Waals surface area contributed by atoms with E-state index in [9.17, 15) is 4.79 Å². The van der Waals surface area contributed by atoms with Crippen molar-refractivity contribution in [3.8, 4) is 0 Å². The van der Waals surface area contributed by atoms with Crippen LogP contribution in [0.5, 0.6) is 0 Å². The van der Waals surface area contributed by atoms with Gasteiger partial charge in [-0.15, -0.1) is 11.3 Å². The van der Waals surface area contributed by atoms with Gasteiger partial charge in [0, 0.05) is 37.6 Å². The van der Waals surface area contributed by atoms with Gasteiger partial charge < -0.3 is 19.9 Å². The highest BCUT2D eigenvalue weighted by Gasteiger charge is 2.34. The molecule has 8 nitrogen and oxygen atoms in total. The highest BCUT2D eigenvalue weighted by molar-refractivity contribution is 7.19. The van der Waals surface area contributed by atoms with Crippen LogP contribution in [0.25, 0.3) is 10.2 Å². The van der Waals surface area contributed by atoms with Crippen LogP contribution in [-0.2, 0) is 28.9 Å². The maximum atomic E-state index is 13.3. The molecule has 1 amide bonds. The van der Waals surface area contributed by atoms with E-state index >= 15 is 0 Å². The first kappa shape index (κ1) is 22.4. The molecular weight excluding hydrogens is 460 g/mol. The predicted molar refractivity (Wildman–Crippen MR) is 140 cm³/mol. The number of carbonyl (C=O) groups is 1. The molecular formula is C26H30N6O2S. The summed E-state index contributed by atoms with van der Waals surface area (Å²) in [6.45, 7) is 4.75. The van der Waals surface area contributed by atoms with Crippen molar-refractivity contribution in [1.82, 2.24) is 14.9 Å². The number of hydrogen-bond donors (Lipinski definition) is 1. The molecule has 2 aliphatic heterocycles. The van der Waals surface area contributed by atoms with E-state index in [-0.39, 0.29) is 17.9 Å². The molecule has 182 valence electrons. The molecule has 1 aliphatic carbocycles. The maximum absolute atomic E-state index is 13.3. The number of ether oxygens (including phenoxy) is 1. The van der Waals surface area contributed by atoms with E-state index < -0.39 is 0 Å². The van der Waals surface area contributed by atoms with Gasteiger partial charge in [-0.3, -0.25) is 9.79 Å². The van der Waals surface area contributed by atoms with E-state index in [0.29, 0.717) is 19.8 Å². The van der Waals surface area contributed by atoms with Crippen molar-refractivity contribution in [3.63, 3.8) is 0 Å². The molecule has 2 aromatic heterocycles. The second-order valence-corrected chi connectivity index (χ2v) is 10.9. The zero-order valence-corrected chi connectivity index (χ0v) is 21.2. The van der Waals surface area contributed by atoms with Crippen molar-refractivity contribution in [2.75, 3.05) is 44.1 Å². The van der Waals surface area contributed by atoms with Crippen LogP contribution in [0.4, 0.5) is 17.2 Å². The summed E-state index contributed by atoms with van der Waals surface area (Å²) in [7, 11) is 4.11. The van der Waals surface area contributed by atoms with Crippen LogP contribution in [-0.4, -0.2) is 66.9 Å². The van der Waals surface area contributed by atoms with Crippen LogP contribution >= 0.6 is 11.3 Å². The number of rotatable bonds is 4. The highest BCUT2D eigenvalue weighted by Crippen LogP contribution is 2.42. The van der Waals surface area contributed by atoms with Gasteiger partial charge in [0.15, 0.2) is 0 Å². The summed E-state index contributed by atoms with van der Waals surface area (Å²) in [5, 5.41) is 4.71. The lowest BCUT2D eigenvalue weighted by molar-refractivity contribution is -0.143. The number of aryl methyl sites for hydroxylation is 1. The summed E-state index contributed by atoms with van der Waals surface area (Å²) in [5.41, 5.74) is 5.80. The summed E-state index contributed by atoms with van der Waals surface area (Å²) in [4.78, 5) is 33.4. The third-order valence-corrected chi connectivity index (χ3v) is 8.49. The normalized spacial score (nSPS) is 21.2. The van der Waals surface area contributed by atoms with Crippen LogP contribution in [0, 0.1) is 5.92 Å². The minimum absolute atomic E-state index is 0.0248. The monoisotopic (exact) mass is 490 g/mol. The minimum atomic E-state index is 0.0248. The van der Waals surface area contributed by atoms with Gasteiger partial charge in [-0.2, -0.15) is 0 Å². The molecule has 1 aromatic carbocycles. The third-order valence-electron chi connectivity index (χ3n) is 7.33. The van der Waals surface area contributed by atoms with Gasteiger partial charge in [0.05, 0.1) is 42.6 Å². The summed E-state index contributed by atoms with van der Waals surface area (Å²) in [6, 6.07) is 4.51. The van der Waals surface area contributed by atoms with Crippen LogP contribution in [0.15, 0.2) is 23.5 Å². The topological polar surface area (TPSA) is 82.9 Å². The fourth-order valence-corrected chi connectivity index (χ4v) is 6.72. The molecule has 9 heteroatoms. The zero-order chi connectivity index (χ0) is 24.1. The molecule has 0 radical (unpaired) electrons. The third kappa shape index (κ3) is 3.96. The molecule has 3 aromatic rings. The van der Waals surface area contributed by atoms with Gasteiger partial charge in [0.2, 0.25) is 5.91 Å². The van der Waals surface area contributed by atoms with E-state index in [4.69, 9.17) is 4.74 Å². The van der Waals surface area contributed by atoms with Crippen LogP contribution in [0.3, 0.4) is 0 Å². The first-order chi connectivity index (χ1) is 17.0. The number of amides is 1. The fraction of sp³-hybridized carbons (Fsp3) is 0.462. The maximum Gasteiger partial charge on any atom is 0.226 e. The summed E-state index contributed by atoms with van der Waals surface area (Å²) < 4.78 is 5.53. The molecule has 1 fully saturated rings. The van der Waals surface area contributed by atoms with Gasteiger partial charge in [0.25, 0.3) is 0 Å². The predicted octanol–water partition coefficient (Wildman–Crippen LogP) is 3.79. The number of nitrogens with zero attached hydrogens (tertiary/aromatic N) is 5. The number of thiophene rings is 1. The average Bonchev–Trinajstić information content (AvgIpc) is 3.47. The van der Waals surface area contributed by atoms with E-state index in [1.54, 1.807) is 17.7 Å². The molecule has 35 heavy (non-hydrogen) atoms. The standard InChI is InChI=1S/C26H30N6O2S/c1-15-13-34-7-6-32(15)26(33)16-4-5-19-22(10-16)35-25-23(19)24(28-14-29-25)30-20-8-17-11-27-12-18(17)9-21(20)31(2)3/h8-9,11,14-16H,4-7,10,12-13H2,1-3H3,(H,28,29,30)/t15-,16-/m0/s1. The Kier molecular flexibility index (Phi) is 5.69. The van der Waals surface area contributed by atoms with Crippen molar-refractivity contribution < 1.29 is 9.53 Å². The molecule has 0 saturated carbocycles. The number of hydrogen-bond acceptors (Lipinski definition) is 8. The van der Waals surface area contributed by atoms with Crippen LogP contribution in [0.2, 0.25) is 0 Å². The SMILES string of the molecule is C[C@H]1COCCN1C(=O)[C@H]1CCc2c(sc3ncnc(Nc4cc5c(cc4N(C)C)CN=C5)c23)C1. The van der Waals surface area contributed by atoms with Gasteiger partial charge in [-0.1, -0.05) is 0 Å². The summed E-state index contributed by atoms with van der Waals surface area (Å²) in [6.07, 6.45) is 6.07. The average molecular weight is 491 g/mol. The second kappa shape index (κ2) is 8.87. The molecule has 0 spiro atoms. The van der Waals surface area contributed by atoms with E-state index in [1.165, 1.54) is 16.0 Å². The van der Waals surface area contributed by atoms with Crippen molar-refractivity contribution >= 4 is 50.9 Å². The Morgan fingerprint density at radius 3 is 3.00 bits per heavy atom. The van der Waals surface area contributed by atoms with Crippen molar-refractivity contribution in [1.29, 1.82) is 0 Å². The fourth-order valence-electron chi connectivity index (χ4n) is 5.45. The van der Waals surface area contributed by atoms with E-state index in [2.05, 4.69) is 58.3 Å². The van der Waals surface area contributed by atoms with Crippen molar-refractivity contribution in [3.05, 3.63) is 40.0 Å². The number of anilines is 3. The number of carbonyl (C=O) groups excluding carboxylic acids is 1. The highest BCUT2D eigenvalue weighted by atomic mass is 32.1. The molecule has 1 saturated heterocycles. The first-order valence-corrected chi connectivity index (χ1v) is 13.1. The van der Waals surface area contributed by atoms with E-state index in [0.717, 1.165) is 58.8 Å². The van der Waals surface area contributed by atoms with Gasteiger partial charge in [-0.25, -0.2) is 9.97 Å². The van der Waals surface area contributed by atoms with Crippen molar-refractivity contribution in [2.45, 2.75) is 38.8 Å². The Morgan fingerprint density at radius 2 is 2.17 bits per heavy atom. The molecule has 4 heterocycles. The number of fused-ring (bicyclic) bond motifs is 4. The van der Waals surface area contributed by atoms with Crippen LogP contribution < -0.4 is 10.2 Å². The molecule has 3 aliphatic rings. The minimum Gasteiger partial charge on any atom is -0.377 e. The number of aromatic nitrogens is 2. The lowest BCUT2D eigenvalue weighted by atomic mass is 9.86. The van der Waals surface area contributed by atoms with Gasteiger partial charge >= 0.3 is 0 Å². The molecule has 6 rings (SSSR count). The molecule has 0 bridgehead atoms. The largest absolute Gasteiger partial charge is 0.377 e. The number of aliphatic imine (C=N–C) groups is 1. The van der Waals surface area contributed by atoms with E-state index in [1.807, 2.05) is 11.1 Å². The lowest BCUT2D eigenvalue weighted by Gasteiger charge is -2.36.